The minimum Gasteiger partial charge on any atom is -0.394 e. The SMILES string of the molecule is CC(C)=C[C@@H]1C[C@](C)(O)[C@H]2[C@@H]3CC[C@@H]4[C@@]5(C)CC[C@H](O[C@H]6O[C@@H](CO)[C@H](O)[C@@H](O)[C@@H]6O[C@H]6O[C@H](CO)[C@@H](O)[C@@H]6O)C(C)(C)[C@H]5CC[C@]4(C)[C@@]34CO[C@@]2(C4)O1. The Bertz CT molecular complexity index is 1450. The average molecular weight is 767 g/mol. The highest BCUT2D eigenvalue weighted by Gasteiger charge is 2.81. The summed E-state index contributed by atoms with van der Waals surface area (Å²) in [6, 6.07) is 0. The van der Waals surface area contributed by atoms with E-state index in [1.165, 1.54) is 5.57 Å². The van der Waals surface area contributed by atoms with Crippen LogP contribution in [0, 0.1) is 45.3 Å². The molecule has 20 atom stereocenters. The highest BCUT2D eigenvalue weighted by Crippen LogP contribution is 2.80. The van der Waals surface area contributed by atoms with Crippen molar-refractivity contribution in [3.63, 3.8) is 0 Å². The van der Waals surface area contributed by atoms with Crippen molar-refractivity contribution in [2.75, 3.05) is 19.8 Å². The number of ether oxygens (including phenoxy) is 6. The molecule has 0 amide bonds. The van der Waals surface area contributed by atoms with Crippen LogP contribution in [0.1, 0.15) is 99.8 Å². The van der Waals surface area contributed by atoms with Gasteiger partial charge in [0, 0.05) is 24.2 Å². The summed E-state index contributed by atoms with van der Waals surface area (Å²) in [5.41, 5.74) is -0.203. The first kappa shape index (κ1) is 40.0. The molecule has 0 aromatic rings. The molecule has 4 saturated carbocycles. The molecular weight excluding hydrogens is 700 g/mol. The third-order valence-electron chi connectivity index (χ3n) is 16.7. The molecule has 8 fully saturated rings. The van der Waals surface area contributed by atoms with Gasteiger partial charge in [-0.1, -0.05) is 39.3 Å². The zero-order valence-corrected chi connectivity index (χ0v) is 33.1. The Hall–Kier alpha value is -0.780. The molecule has 4 aliphatic heterocycles. The van der Waals surface area contributed by atoms with Crippen LogP contribution in [0.5, 0.6) is 0 Å². The van der Waals surface area contributed by atoms with Crippen molar-refractivity contribution in [2.45, 2.75) is 179 Å². The minimum absolute atomic E-state index is 0.0164. The predicted molar refractivity (Wildman–Crippen MR) is 192 cm³/mol. The van der Waals surface area contributed by atoms with Crippen LogP contribution in [0.2, 0.25) is 0 Å². The van der Waals surface area contributed by atoms with Gasteiger partial charge in [0.2, 0.25) is 0 Å². The smallest absolute Gasteiger partial charge is 0.187 e. The lowest BCUT2D eigenvalue weighted by Gasteiger charge is -2.70. The van der Waals surface area contributed by atoms with Crippen molar-refractivity contribution >= 4 is 0 Å². The fraction of sp³-hybridized carbons (Fsp3) is 0.951. The first-order valence-electron chi connectivity index (χ1n) is 20.5. The second-order valence-corrected chi connectivity index (χ2v) is 20.1. The van der Waals surface area contributed by atoms with E-state index in [1.54, 1.807) is 0 Å². The van der Waals surface area contributed by atoms with E-state index in [1.807, 2.05) is 6.92 Å². The van der Waals surface area contributed by atoms with Gasteiger partial charge in [0.15, 0.2) is 18.4 Å². The Morgan fingerprint density at radius 1 is 0.778 bits per heavy atom. The van der Waals surface area contributed by atoms with E-state index in [9.17, 15) is 35.7 Å². The molecule has 13 heteroatoms. The lowest BCUT2D eigenvalue weighted by molar-refractivity contribution is -0.358. The van der Waals surface area contributed by atoms with E-state index in [4.69, 9.17) is 28.4 Å². The van der Waals surface area contributed by atoms with Gasteiger partial charge in [-0.05, 0) is 93.3 Å². The summed E-state index contributed by atoms with van der Waals surface area (Å²) >= 11 is 0. The zero-order chi connectivity index (χ0) is 39.0. The first-order valence-corrected chi connectivity index (χ1v) is 20.5. The molecule has 2 spiro atoms. The lowest BCUT2D eigenvalue weighted by Crippen LogP contribution is -2.67. The highest BCUT2D eigenvalue weighted by molar-refractivity contribution is 5.26. The van der Waals surface area contributed by atoms with Gasteiger partial charge >= 0.3 is 0 Å². The first-order chi connectivity index (χ1) is 25.3. The summed E-state index contributed by atoms with van der Waals surface area (Å²) in [5, 5.41) is 74.8. The van der Waals surface area contributed by atoms with E-state index < -0.39 is 79.9 Å². The Labute approximate surface area is 319 Å². The summed E-state index contributed by atoms with van der Waals surface area (Å²) in [6.45, 7) is 15.2. The monoisotopic (exact) mass is 766 g/mol. The van der Waals surface area contributed by atoms with Crippen LogP contribution in [0.15, 0.2) is 11.6 Å². The van der Waals surface area contributed by atoms with Crippen molar-refractivity contribution in [2.24, 2.45) is 45.3 Å². The molecule has 0 unspecified atom stereocenters. The van der Waals surface area contributed by atoms with Crippen molar-refractivity contribution in [3.8, 4) is 0 Å². The quantitative estimate of drug-likeness (QED) is 0.147. The van der Waals surface area contributed by atoms with Gasteiger partial charge in [0.05, 0.1) is 37.6 Å². The van der Waals surface area contributed by atoms with Crippen molar-refractivity contribution in [1.29, 1.82) is 0 Å². The number of fused-ring (bicyclic) bond motifs is 4. The number of hydrogen-bond acceptors (Lipinski definition) is 13. The maximum Gasteiger partial charge on any atom is 0.187 e. The van der Waals surface area contributed by atoms with Gasteiger partial charge in [-0.15, -0.1) is 0 Å². The van der Waals surface area contributed by atoms with Gasteiger partial charge in [-0.2, -0.15) is 0 Å². The van der Waals surface area contributed by atoms with Crippen LogP contribution >= 0.6 is 0 Å². The molecule has 4 aliphatic carbocycles. The van der Waals surface area contributed by atoms with Crippen LogP contribution in [0.4, 0.5) is 0 Å². The van der Waals surface area contributed by atoms with E-state index >= 15 is 0 Å². The second-order valence-electron chi connectivity index (χ2n) is 20.1. The van der Waals surface area contributed by atoms with Crippen LogP contribution in [-0.4, -0.2) is 134 Å². The normalized spacial score (nSPS) is 57.5. The molecule has 8 aliphatic rings. The van der Waals surface area contributed by atoms with E-state index in [2.05, 4.69) is 47.6 Å². The summed E-state index contributed by atoms with van der Waals surface area (Å²) in [4.78, 5) is 0. The largest absolute Gasteiger partial charge is 0.394 e. The summed E-state index contributed by atoms with van der Waals surface area (Å²) in [5.74, 6) is 0.176. The van der Waals surface area contributed by atoms with Crippen LogP contribution < -0.4 is 0 Å². The summed E-state index contributed by atoms with van der Waals surface area (Å²) < 4.78 is 38.1. The molecule has 4 saturated heterocycles. The Kier molecular flexibility index (Phi) is 9.91. The molecule has 7 N–H and O–H groups in total. The topological polar surface area (TPSA) is 197 Å². The molecule has 8 rings (SSSR count). The molecule has 0 aromatic carbocycles. The van der Waals surface area contributed by atoms with Crippen molar-refractivity contribution in [1.82, 2.24) is 0 Å². The zero-order valence-electron chi connectivity index (χ0n) is 33.1. The second kappa shape index (κ2) is 13.4. The van der Waals surface area contributed by atoms with Crippen molar-refractivity contribution < 1.29 is 64.2 Å². The predicted octanol–water partition coefficient (Wildman–Crippen LogP) is 2.14. The third kappa shape index (κ3) is 5.58. The minimum atomic E-state index is -1.56. The summed E-state index contributed by atoms with van der Waals surface area (Å²) in [6.07, 6.45) is -3.44. The average Bonchev–Trinajstić information content (AvgIpc) is 3.71. The number of hydrogen-bond donors (Lipinski definition) is 7. The van der Waals surface area contributed by atoms with Gasteiger partial charge < -0.3 is 64.2 Å². The van der Waals surface area contributed by atoms with Gasteiger partial charge in [0.25, 0.3) is 0 Å². The van der Waals surface area contributed by atoms with E-state index in [0.717, 1.165) is 38.5 Å². The highest BCUT2D eigenvalue weighted by atomic mass is 16.8. The molecule has 54 heavy (non-hydrogen) atoms. The van der Waals surface area contributed by atoms with Gasteiger partial charge in [-0.25, -0.2) is 0 Å². The number of allylic oxidation sites excluding steroid dienone is 1. The Morgan fingerprint density at radius 2 is 1.44 bits per heavy atom. The Morgan fingerprint density at radius 3 is 2.11 bits per heavy atom. The van der Waals surface area contributed by atoms with Crippen molar-refractivity contribution in [3.05, 3.63) is 11.6 Å². The maximum absolute atomic E-state index is 12.1. The molecule has 2 bridgehead atoms. The molecule has 308 valence electrons. The van der Waals surface area contributed by atoms with E-state index in [-0.39, 0.29) is 45.7 Å². The number of aliphatic hydroxyl groups excluding tert-OH is 6. The standard InChI is InChI=1S/C41H66O13/c1-20(2)14-21-15-39(7,48)33-22-8-9-26-37(5)12-11-27(36(3,4)25(37)10-13-38(26,6)40(22)18-41(33,54-21)49-19-40)52-35-32(30(46)28(44)23(16-42)51-35)53-34-31(47)29(45)24(17-43)50-34/h14,21-35,42-48H,8-13,15-19H2,1-7H3/t21-,22+,23+,24-,25-,26-,27+,28+,29-,30-,31+,32+,33-,34-,35-,37+,38+,39+,40+,41+/m1/s1. The molecule has 0 radical (unpaired) electrons. The molecular formula is C41H66O13. The molecule has 13 nitrogen and oxygen atoms in total. The lowest BCUT2D eigenvalue weighted by atomic mass is 9.35. The molecule has 0 aromatic heterocycles. The fourth-order valence-electron chi connectivity index (χ4n) is 14.4. The number of aliphatic hydroxyl groups is 7. The van der Waals surface area contributed by atoms with E-state index in [0.29, 0.717) is 31.3 Å². The summed E-state index contributed by atoms with van der Waals surface area (Å²) in [7, 11) is 0. The maximum atomic E-state index is 12.1. The van der Waals surface area contributed by atoms with Crippen LogP contribution in [-0.2, 0) is 28.4 Å². The third-order valence-corrected chi connectivity index (χ3v) is 16.7. The number of rotatable bonds is 7. The molecule has 4 heterocycles. The van der Waals surface area contributed by atoms with Gasteiger partial charge in [-0.3, -0.25) is 0 Å². The van der Waals surface area contributed by atoms with Crippen LogP contribution in [0.25, 0.3) is 0 Å². The Balaban J connectivity index is 1.04. The fourth-order valence-corrected chi connectivity index (χ4v) is 14.4. The van der Waals surface area contributed by atoms with Crippen LogP contribution in [0.3, 0.4) is 0 Å². The van der Waals surface area contributed by atoms with Gasteiger partial charge in [0.1, 0.15) is 42.7 Å².